The number of urea groups is 1. The first-order chi connectivity index (χ1) is 23.0. The summed E-state index contributed by atoms with van der Waals surface area (Å²) < 4.78 is 41.7. The van der Waals surface area contributed by atoms with Crippen molar-refractivity contribution in [3.05, 3.63) is 103 Å². The maximum Gasteiger partial charge on any atom is 0.491 e. The fourth-order valence-corrected chi connectivity index (χ4v) is 4.79. The van der Waals surface area contributed by atoms with Crippen LogP contribution in [0.4, 0.5) is 23.7 Å². The molecule has 0 aliphatic carbocycles. The number of carbonyl (C=O) groups excluding carboxylic acids is 5. The van der Waals surface area contributed by atoms with Gasteiger partial charge in [0.15, 0.2) is 0 Å². The van der Waals surface area contributed by atoms with Crippen molar-refractivity contribution < 1.29 is 41.9 Å². The highest BCUT2D eigenvalue weighted by molar-refractivity contribution is 6.01. The SMILES string of the molecule is O=C(CCCCNC(=O)Nc1cccc2ccccc12)NCC(=O)NC(CC(=O)OC(=O)C(F)(F)F)c1ccc(-c2ccccc2)cc1. The van der Waals surface area contributed by atoms with Crippen LogP contribution in [-0.4, -0.2) is 49.0 Å². The third kappa shape index (κ3) is 10.7. The van der Waals surface area contributed by atoms with Crippen LogP contribution in [0, 0.1) is 0 Å². The Morgan fingerprint density at radius 3 is 2.10 bits per heavy atom. The smallest absolute Gasteiger partial charge is 0.386 e. The van der Waals surface area contributed by atoms with E-state index in [-0.39, 0.29) is 12.5 Å². The Morgan fingerprint density at radius 1 is 0.708 bits per heavy atom. The lowest BCUT2D eigenvalue weighted by molar-refractivity contribution is -0.202. The molecule has 0 aliphatic heterocycles. The van der Waals surface area contributed by atoms with Crippen molar-refractivity contribution in [1.29, 1.82) is 0 Å². The number of anilines is 1. The molecule has 0 fully saturated rings. The second kappa shape index (κ2) is 16.7. The zero-order chi connectivity index (χ0) is 34.5. The highest BCUT2D eigenvalue weighted by Gasteiger charge is 2.42. The second-order valence-electron chi connectivity index (χ2n) is 10.7. The number of rotatable bonds is 13. The van der Waals surface area contributed by atoms with E-state index in [1.807, 2.05) is 66.7 Å². The third-order valence-corrected chi connectivity index (χ3v) is 7.16. The van der Waals surface area contributed by atoms with Gasteiger partial charge in [0.05, 0.1) is 24.7 Å². The topological polar surface area (TPSA) is 143 Å². The highest BCUT2D eigenvalue weighted by Crippen LogP contribution is 2.25. The highest BCUT2D eigenvalue weighted by atomic mass is 19.4. The van der Waals surface area contributed by atoms with Crippen molar-refractivity contribution in [1.82, 2.24) is 16.0 Å². The lowest BCUT2D eigenvalue weighted by atomic mass is 9.99. The van der Waals surface area contributed by atoms with E-state index < -0.39 is 48.9 Å². The Labute approximate surface area is 274 Å². The predicted molar refractivity (Wildman–Crippen MR) is 172 cm³/mol. The van der Waals surface area contributed by atoms with E-state index in [9.17, 15) is 37.1 Å². The number of halogens is 3. The van der Waals surface area contributed by atoms with Crippen LogP contribution in [-0.2, 0) is 23.9 Å². The van der Waals surface area contributed by atoms with Crippen molar-refractivity contribution in [3.8, 4) is 11.1 Å². The summed E-state index contributed by atoms with van der Waals surface area (Å²) in [6, 6.07) is 27.6. The number of amides is 4. The normalized spacial score (nSPS) is 11.6. The summed E-state index contributed by atoms with van der Waals surface area (Å²) in [5.74, 6) is -5.31. The monoisotopic (exact) mass is 662 g/mol. The van der Waals surface area contributed by atoms with Gasteiger partial charge in [-0.05, 0) is 41.0 Å². The number of nitrogens with one attached hydrogen (secondary N) is 4. The molecular formula is C35H33F3N4O6. The molecule has 250 valence electrons. The van der Waals surface area contributed by atoms with E-state index in [4.69, 9.17) is 0 Å². The number of hydrogen-bond acceptors (Lipinski definition) is 6. The minimum atomic E-state index is -5.37. The van der Waals surface area contributed by atoms with Crippen LogP contribution in [0.25, 0.3) is 21.9 Å². The van der Waals surface area contributed by atoms with Crippen LogP contribution in [0.15, 0.2) is 97.1 Å². The van der Waals surface area contributed by atoms with Gasteiger partial charge < -0.3 is 26.0 Å². The van der Waals surface area contributed by atoms with Crippen LogP contribution in [0.3, 0.4) is 0 Å². The first-order valence-corrected chi connectivity index (χ1v) is 15.1. The summed E-state index contributed by atoms with van der Waals surface area (Å²) in [5.41, 5.74) is 2.73. The fourth-order valence-electron chi connectivity index (χ4n) is 4.79. The first-order valence-electron chi connectivity index (χ1n) is 15.1. The molecule has 1 atom stereocenters. The van der Waals surface area contributed by atoms with Crippen LogP contribution >= 0.6 is 0 Å². The number of hydrogen-bond donors (Lipinski definition) is 4. The van der Waals surface area contributed by atoms with Gasteiger partial charge in [0.25, 0.3) is 0 Å². The first kappa shape index (κ1) is 35.1. The molecule has 0 spiro atoms. The van der Waals surface area contributed by atoms with E-state index in [1.165, 1.54) is 0 Å². The van der Waals surface area contributed by atoms with Crippen molar-refractivity contribution in [3.63, 3.8) is 0 Å². The fraction of sp³-hybridized carbons (Fsp3) is 0.229. The number of ether oxygens (including phenoxy) is 1. The summed E-state index contributed by atoms with van der Waals surface area (Å²) in [7, 11) is 0. The number of carbonyl (C=O) groups is 5. The molecule has 4 rings (SSSR count). The van der Waals surface area contributed by atoms with Crippen molar-refractivity contribution in [2.75, 3.05) is 18.4 Å². The molecule has 4 aromatic carbocycles. The van der Waals surface area contributed by atoms with E-state index in [1.54, 1.807) is 30.3 Å². The van der Waals surface area contributed by atoms with E-state index in [0.29, 0.717) is 30.6 Å². The number of unbranched alkanes of at least 4 members (excludes halogenated alkanes) is 1. The average molecular weight is 663 g/mol. The third-order valence-electron chi connectivity index (χ3n) is 7.16. The Morgan fingerprint density at radius 2 is 1.38 bits per heavy atom. The molecule has 0 heterocycles. The molecule has 0 bridgehead atoms. The largest absolute Gasteiger partial charge is 0.491 e. The van der Waals surface area contributed by atoms with Gasteiger partial charge in [-0.2, -0.15) is 13.2 Å². The van der Waals surface area contributed by atoms with Gasteiger partial charge in [-0.15, -0.1) is 0 Å². The molecule has 0 aromatic heterocycles. The van der Waals surface area contributed by atoms with Gasteiger partial charge in [-0.1, -0.05) is 91.0 Å². The molecule has 4 aromatic rings. The standard InChI is InChI=1S/C35H33F3N4O6/c36-35(37,38)33(46)48-32(45)21-29(26-18-16-24(17-19-26)23-9-2-1-3-10-23)41-31(44)22-40-30(43)15-6-7-20-39-34(47)42-28-14-8-12-25-11-4-5-13-27(25)28/h1-5,8-14,16-19,29H,6-7,15,20-22H2,(H,40,43)(H,41,44)(H2,39,42,47). The number of benzene rings is 4. The Balaban J connectivity index is 1.23. The van der Waals surface area contributed by atoms with E-state index >= 15 is 0 Å². The lowest BCUT2D eigenvalue weighted by Crippen LogP contribution is -2.39. The predicted octanol–water partition coefficient (Wildman–Crippen LogP) is 5.79. The minimum Gasteiger partial charge on any atom is -0.386 e. The molecule has 0 radical (unpaired) electrons. The zero-order valence-corrected chi connectivity index (χ0v) is 25.6. The summed E-state index contributed by atoms with van der Waals surface area (Å²) in [6.07, 6.45) is -5.17. The zero-order valence-electron chi connectivity index (χ0n) is 25.6. The van der Waals surface area contributed by atoms with Crippen LogP contribution in [0.2, 0.25) is 0 Å². The lowest BCUT2D eigenvalue weighted by Gasteiger charge is -2.19. The van der Waals surface area contributed by atoms with Crippen molar-refractivity contribution in [2.24, 2.45) is 0 Å². The average Bonchev–Trinajstić information content (AvgIpc) is 3.07. The van der Waals surface area contributed by atoms with Gasteiger partial charge >= 0.3 is 24.1 Å². The molecule has 1 unspecified atom stereocenters. The van der Waals surface area contributed by atoms with Gasteiger partial charge in [-0.3, -0.25) is 14.4 Å². The maximum absolute atomic E-state index is 12.7. The molecular weight excluding hydrogens is 629 g/mol. The van der Waals surface area contributed by atoms with Crippen LogP contribution in [0.5, 0.6) is 0 Å². The molecule has 48 heavy (non-hydrogen) atoms. The molecule has 13 heteroatoms. The molecule has 10 nitrogen and oxygen atoms in total. The van der Waals surface area contributed by atoms with Gasteiger partial charge in [-0.25, -0.2) is 9.59 Å². The summed E-state index contributed by atoms with van der Waals surface area (Å²) in [6.45, 7) is -0.165. The number of alkyl halides is 3. The second-order valence-corrected chi connectivity index (χ2v) is 10.7. The molecule has 0 saturated carbocycles. The Bertz CT molecular complexity index is 1740. The van der Waals surface area contributed by atoms with Gasteiger partial charge in [0.2, 0.25) is 11.8 Å². The minimum absolute atomic E-state index is 0.0656. The molecule has 0 saturated heterocycles. The van der Waals surface area contributed by atoms with Gasteiger partial charge in [0.1, 0.15) is 0 Å². The summed E-state index contributed by atoms with van der Waals surface area (Å²) in [4.78, 5) is 60.7. The Kier molecular flexibility index (Phi) is 12.2. The Hall–Kier alpha value is -5.72. The molecule has 4 amide bonds. The van der Waals surface area contributed by atoms with Crippen molar-refractivity contribution in [2.45, 2.75) is 37.9 Å². The summed E-state index contributed by atoms with van der Waals surface area (Å²) in [5, 5.41) is 12.4. The number of esters is 2. The maximum atomic E-state index is 12.7. The quantitative estimate of drug-likeness (QED) is 0.0811. The van der Waals surface area contributed by atoms with E-state index in [0.717, 1.165) is 21.9 Å². The summed E-state index contributed by atoms with van der Waals surface area (Å²) >= 11 is 0. The molecule has 4 N–H and O–H groups in total. The van der Waals surface area contributed by atoms with Crippen LogP contribution in [0.1, 0.15) is 37.3 Å². The number of fused-ring (bicyclic) bond motifs is 1. The van der Waals surface area contributed by atoms with Gasteiger partial charge in [0, 0.05) is 18.4 Å². The van der Waals surface area contributed by atoms with Crippen molar-refractivity contribution >= 4 is 46.2 Å². The van der Waals surface area contributed by atoms with Crippen LogP contribution < -0.4 is 21.3 Å². The molecule has 0 aliphatic rings. The van der Waals surface area contributed by atoms with E-state index in [2.05, 4.69) is 26.0 Å².